The molecule has 1 unspecified atom stereocenters. The fourth-order valence-corrected chi connectivity index (χ4v) is 2.70. The van der Waals surface area contributed by atoms with E-state index in [1.807, 2.05) is 0 Å². The standard InChI is InChI=1S/C14H17N3O2S/c1-10-2-4-11(5-3-10)20-9-13-16-14(19-17-13)12-8-15-6-7-18-12/h2-5,12,15H,6-9H2,1H3. The van der Waals surface area contributed by atoms with Crippen LogP contribution in [0.5, 0.6) is 0 Å². The predicted molar refractivity (Wildman–Crippen MR) is 76.6 cm³/mol. The van der Waals surface area contributed by atoms with Gasteiger partial charge in [0.25, 0.3) is 5.89 Å². The van der Waals surface area contributed by atoms with Crippen LogP contribution in [0.1, 0.15) is 23.4 Å². The topological polar surface area (TPSA) is 60.2 Å². The average Bonchev–Trinajstić information content (AvgIpc) is 2.97. The molecule has 1 aromatic heterocycles. The fourth-order valence-electron chi connectivity index (χ4n) is 1.96. The van der Waals surface area contributed by atoms with Crippen LogP contribution in [0.3, 0.4) is 0 Å². The molecule has 0 amide bonds. The minimum Gasteiger partial charge on any atom is -0.366 e. The van der Waals surface area contributed by atoms with Crippen LogP contribution in [0.15, 0.2) is 33.7 Å². The van der Waals surface area contributed by atoms with Gasteiger partial charge in [0.15, 0.2) is 5.82 Å². The van der Waals surface area contributed by atoms with E-state index in [2.05, 4.69) is 46.6 Å². The van der Waals surface area contributed by atoms with E-state index >= 15 is 0 Å². The maximum Gasteiger partial charge on any atom is 0.257 e. The molecule has 0 aliphatic carbocycles. The summed E-state index contributed by atoms with van der Waals surface area (Å²) in [7, 11) is 0. The molecule has 0 spiro atoms. The zero-order valence-corrected chi connectivity index (χ0v) is 12.2. The number of aryl methyl sites for hydroxylation is 1. The van der Waals surface area contributed by atoms with Gasteiger partial charge in [-0.05, 0) is 19.1 Å². The van der Waals surface area contributed by atoms with Crippen molar-refractivity contribution in [2.45, 2.75) is 23.7 Å². The first-order valence-electron chi connectivity index (χ1n) is 6.65. The largest absolute Gasteiger partial charge is 0.366 e. The predicted octanol–water partition coefficient (Wildman–Crippen LogP) is 2.33. The van der Waals surface area contributed by atoms with Crippen molar-refractivity contribution in [2.24, 2.45) is 0 Å². The van der Waals surface area contributed by atoms with E-state index in [0.717, 1.165) is 13.1 Å². The third-order valence-corrected chi connectivity index (χ3v) is 4.08. The molecular weight excluding hydrogens is 274 g/mol. The molecule has 1 atom stereocenters. The van der Waals surface area contributed by atoms with E-state index in [-0.39, 0.29) is 6.10 Å². The lowest BCUT2D eigenvalue weighted by molar-refractivity contribution is 0.00755. The van der Waals surface area contributed by atoms with Crippen LogP contribution in [-0.4, -0.2) is 29.8 Å². The van der Waals surface area contributed by atoms with Crippen LogP contribution in [-0.2, 0) is 10.5 Å². The Morgan fingerprint density at radius 3 is 2.95 bits per heavy atom. The Hall–Kier alpha value is -1.37. The van der Waals surface area contributed by atoms with Gasteiger partial charge in [-0.3, -0.25) is 0 Å². The first-order chi connectivity index (χ1) is 9.81. The quantitative estimate of drug-likeness (QED) is 0.872. The molecule has 1 aliphatic rings. The minimum absolute atomic E-state index is 0.116. The summed E-state index contributed by atoms with van der Waals surface area (Å²) in [6, 6.07) is 8.42. The molecule has 2 heterocycles. The Labute approximate surface area is 122 Å². The second-order valence-corrected chi connectivity index (χ2v) is 5.76. The number of nitrogens with one attached hydrogen (secondary N) is 1. The molecule has 106 valence electrons. The number of morpholine rings is 1. The highest BCUT2D eigenvalue weighted by Crippen LogP contribution is 2.23. The Morgan fingerprint density at radius 2 is 2.20 bits per heavy atom. The van der Waals surface area contributed by atoms with E-state index in [1.165, 1.54) is 10.5 Å². The average molecular weight is 291 g/mol. The zero-order chi connectivity index (χ0) is 13.8. The van der Waals surface area contributed by atoms with Gasteiger partial charge in [0.05, 0.1) is 12.4 Å². The summed E-state index contributed by atoms with van der Waals surface area (Å²) >= 11 is 1.70. The molecule has 3 rings (SSSR count). The number of aromatic nitrogens is 2. The number of thioether (sulfide) groups is 1. The van der Waals surface area contributed by atoms with Gasteiger partial charge in [0, 0.05) is 18.0 Å². The van der Waals surface area contributed by atoms with Gasteiger partial charge in [-0.1, -0.05) is 22.9 Å². The van der Waals surface area contributed by atoms with Crippen LogP contribution in [0, 0.1) is 6.92 Å². The summed E-state index contributed by atoms with van der Waals surface area (Å²) < 4.78 is 10.9. The Balaban J connectivity index is 1.58. The summed E-state index contributed by atoms with van der Waals surface area (Å²) in [5.74, 6) is 1.98. The van der Waals surface area contributed by atoms with E-state index in [9.17, 15) is 0 Å². The molecule has 5 nitrogen and oxygen atoms in total. The highest BCUT2D eigenvalue weighted by Gasteiger charge is 2.22. The van der Waals surface area contributed by atoms with Gasteiger partial charge in [-0.25, -0.2) is 0 Å². The number of benzene rings is 1. The molecule has 6 heteroatoms. The summed E-state index contributed by atoms with van der Waals surface area (Å²) in [4.78, 5) is 5.61. The molecule has 1 N–H and O–H groups in total. The van der Waals surface area contributed by atoms with Crippen molar-refractivity contribution in [3.8, 4) is 0 Å². The first kappa shape index (κ1) is 13.6. The Bertz CT molecular complexity index is 550. The number of ether oxygens (including phenoxy) is 1. The van der Waals surface area contributed by atoms with E-state index in [1.54, 1.807) is 11.8 Å². The van der Waals surface area contributed by atoms with Crippen LogP contribution < -0.4 is 5.32 Å². The second-order valence-electron chi connectivity index (χ2n) is 4.71. The zero-order valence-electron chi connectivity index (χ0n) is 11.3. The van der Waals surface area contributed by atoms with Crippen LogP contribution in [0.2, 0.25) is 0 Å². The summed E-state index contributed by atoms with van der Waals surface area (Å²) in [5, 5.41) is 7.26. The summed E-state index contributed by atoms with van der Waals surface area (Å²) in [5.41, 5.74) is 1.26. The lowest BCUT2D eigenvalue weighted by Crippen LogP contribution is -2.33. The number of hydrogen-bond donors (Lipinski definition) is 1. The number of rotatable bonds is 4. The summed E-state index contributed by atoms with van der Waals surface area (Å²) in [6.45, 7) is 4.37. The molecule has 0 bridgehead atoms. The van der Waals surface area contributed by atoms with Crippen LogP contribution in [0.25, 0.3) is 0 Å². The van der Waals surface area contributed by atoms with Gasteiger partial charge in [0.2, 0.25) is 0 Å². The van der Waals surface area contributed by atoms with Crippen molar-refractivity contribution in [2.75, 3.05) is 19.7 Å². The lowest BCUT2D eigenvalue weighted by atomic mass is 10.2. The molecule has 1 fully saturated rings. The molecule has 1 saturated heterocycles. The van der Waals surface area contributed by atoms with Gasteiger partial charge in [0.1, 0.15) is 6.10 Å². The molecular formula is C14H17N3O2S. The third-order valence-electron chi connectivity index (χ3n) is 3.08. The number of hydrogen-bond acceptors (Lipinski definition) is 6. The van der Waals surface area contributed by atoms with E-state index in [4.69, 9.17) is 9.26 Å². The highest BCUT2D eigenvalue weighted by atomic mass is 32.2. The maximum absolute atomic E-state index is 5.59. The van der Waals surface area contributed by atoms with E-state index < -0.39 is 0 Å². The Kier molecular flexibility index (Phi) is 4.34. The fraction of sp³-hybridized carbons (Fsp3) is 0.429. The van der Waals surface area contributed by atoms with Crippen molar-refractivity contribution < 1.29 is 9.26 Å². The normalized spacial score (nSPS) is 19.1. The van der Waals surface area contributed by atoms with Gasteiger partial charge < -0.3 is 14.6 Å². The van der Waals surface area contributed by atoms with Crippen molar-refractivity contribution in [1.82, 2.24) is 15.5 Å². The summed E-state index contributed by atoms with van der Waals surface area (Å²) in [6.07, 6.45) is -0.116. The Morgan fingerprint density at radius 1 is 1.35 bits per heavy atom. The molecule has 1 aromatic carbocycles. The molecule has 20 heavy (non-hydrogen) atoms. The highest BCUT2D eigenvalue weighted by molar-refractivity contribution is 7.98. The van der Waals surface area contributed by atoms with Crippen molar-refractivity contribution >= 4 is 11.8 Å². The lowest BCUT2D eigenvalue weighted by Gasteiger charge is -2.19. The number of nitrogens with zero attached hydrogens (tertiary/aromatic N) is 2. The van der Waals surface area contributed by atoms with Gasteiger partial charge in [-0.15, -0.1) is 11.8 Å². The first-order valence-corrected chi connectivity index (χ1v) is 7.64. The minimum atomic E-state index is -0.116. The van der Waals surface area contributed by atoms with Crippen molar-refractivity contribution in [3.63, 3.8) is 0 Å². The smallest absolute Gasteiger partial charge is 0.257 e. The van der Waals surface area contributed by atoms with Crippen molar-refractivity contribution in [3.05, 3.63) is 41.5 Å². The SMILES string of the molecule is Cc1ccc(SCc2noc(C3CNCCO3)n2)cc1. The monoisotopic (exact) mass is 291 g/mol. The molecule has 2 aromatic rings. The van der Waals surface area contributed by atoms with Crippen LogP contribution >= 0.6 is 11.8 Å². The second kappa shape index (κ2) is 6.39. The molecule has 1 aliphatic heterocycles. The maximum atomic E-state index is 5.59. The van der Waals surface area contributed by atoms with Gasteiger partial charge in [-0.2, -0.15) is 4.98 Å². The molecule has 0 saturated carbocycles. The van der Waals surface area contributed by atoms with Gasteiger partial charge >= 0.3 is 0 Å². The van der Waals surface area contributed by atoms with E-state index in [0.29, 0.717) is 24.1 Å². The third kappa shape index (κ3) is 3.39. The van der Waals surface area contributed by atoms with Crippen LogP contribution in [0.4, 0.5) is 0 Å². The molecule has 0 radical (unpaired) electrons. The van der Waals surface area contributed by atoms with Crippen molar-refractivity contribution in [1.29, 1.82) is 0 Å².